The number of aliphatic imine (C=N–C) groups is 1. The van der Waals surface area contributed by atoms with Crippen LogP contribution in [0, 0.1) is 0 Å². The second kappa shape index (κ2) is 6.88. The number of halogens is 1. The lowest BCUT2D eigenvalue weighted by atomic mass is 9.97. The number of allylic oxidation sites excluding steroid dienone is 2. The van der Waals surface area contributed by atoms with Crippen molar-refractivity contribution in [2.24, 2.45) is 4.99 Å². The largest absolute Gasteiger partial charge is 0.459 e. The van der Waals surface area contributed by atoms with E-state index in [2.05, 4.69) is 20.9 Å². The summed E-state index contributed by atoms with van der Waals surface area (Å²) in [5, 5.41) is 0. The average Bonchev–Trinajstić information content (AvgIpc) is 3.53. The van der Waals surface area contributed by atoms with E-state index in [9.17, 15) is 4.79 Å². The zero-order valence-electron chi connectivity index (χ0n) is 15.8. The van der Waals surface area contributed by atoms with Gasteiger partial charge < -0.3 is 23.4 Å². The quantitative estimate of drug-likeness (QED) is 0.385. The van der Waals surface area contributed by atoms with Gasteiger partial charge in [0.15, 0.2) is 23.0 Å². The number of ether oxygens (including phenoxy) is 4. The fourth-order valence-corrected chi connectivity index (χ4v) is 3.89. The summed E-state index contributed by atoms with van der Waals surface area (Å²) in [4.78, 5) is 17.1. The van der Waals surface area contributed by atoms with Crippen LogP contribution in [0.1, 0.15) is 16.9 Å². The summed E-state index contributed by atoms with van der Waals surface area (Å²) in [6, 6.07) is 14.5. The Morgan fingerprint density at radius 2 is 1.81 bits per heavy atom. The van der Waals surface area contributed by atoms with Crippen LogP contribution in [0.2, 0.25) is 0 Å². The zero-order chi connectivity index (χ0) is 20.9. The molecule has 152 valence electrons. The van der Waals surface area contributed by atoms with Gasteiger partial charge in [0, 0.05) is 21.2 Å². The molecule has 0 spiro atoms. The topological polar surface area (TPSA) is 79.5 Å². The molecule has 0 N–H and O–H groups in total. The molecular formula is C23H12BrNO6. The number of nitrogens with zero attached hydrogens (tertiary/aromatic N) is 1. The first-order valence-corrected chi connectivity index (χ1v) is 10.1. The average molecular weight is 478 g/mol. The highest BCUT2D eigenvalue weighted by atomic mass is 79.9. The number of cyclic esters (lactones) is 1. The number of furan rings is 1. The lowest BCUT2D eigenvalue weighted by Gasteiger charge is -2.21. The molecule has 0 amide bonds. The Morgan fingerprint density at radius 1 is 0.935 bits per heavy atom. The maximum absolute atomic E-state index is 12.7. The third-order valence-corrected chi connectivity index (χ3v) is 5.46. The molecule has 3 aliphatic rings. The fourth-order valence-electron chi connectivity index (χ4n) is 3.53. The van der Waals surface area contributed by atoms with Crippen LogP contribution < -0.4 is 14.2 Å². The summed E-state index contributed by atoms with van der Waals surface area (Å²) in [5.41, 5.74) is 2.25. The Kier molecular flexibility index (Phi) is 4.00. The molecule has 2 aromatic carbocycles. The van der Waals surface area contributed by atoms with E-state index in [1.165, 1.54) is 6.26 Å². The number of carbonyl (C=O) groups is 1. The van der Waals surface area contributed by atoms with Gasteiger partial charge in [0.1, 0.15) is 11.5 Å². The number of fused-ring (bicyclic) bond motifs is 2. The predicted octanol–water partition coefficient (Wildman–Crippen LogP) is 4.92. The first kappa shape index (κ1) is 18.0. The summed E-state index contributed by atoms with van der Waals surface area (Å²) in [7, 11) is 0. The molecule has 31 heavy (non-hydrogen) atoms. The highest BCUT2D eigenvalue weighted by molar-refractivity contribution is 9.10. The molecule has 0 saturated heterocycles. The van der Waals surface area contributed by atoms with Crippen molar-refractivity contribution in [3.63, 3.8) is 0 Å². The SMILES string of the molecule is O=C1OC(c2ccco2)=NC1=C1C=C(c2ccc3c(c2)OCO3)Oc2ccc(Br)cc21. The van der Waals surface area contributed by atoms with Gasteiger partial charge in [-0.25, -0.2) is 9.79 Å². The first-order chi connectivity index (χ1) is 15.2. The summed E-state index contributed by atoms with van der Waals surface area (Å²) in [6.45, 7) is 0.182. The minimum atomic E-state index is -0.560. The molecule has 0 radical (unpaired) electrons. The van der Waals surface area contributed by atoms with E-state index < -0.39 is 5.97 Å². The van der Waals surface area contributed by atoms with E-state index in [1.807, 2.05) is 36.4 Å². The molecular weight excluding hydrogens is 466 g/mol. The van der Waals surface area contributed by atoms with Crippen LogP contribution in [0.3, 0.4) is 0 Å². The highest BCUT2D eigenvalue weighted by Crippen LogP contribution is 2.43. The van der Waals surface area contributed by atoms with E-state index in [0.29, 0.717) is 34.3 Å². The van der Waals surface area contributed by atoms with E-state index in [4.69, 9.17) is 23.4 Å². The summed E-state index contributed by atoms with van der Waals surface area (Å²) in [6.07, 6.45) is 3.27. The van der Waals surface area contributed by atoms with Crippen molar-refractivity contribution in [1.29, 1.82) is 0 Å². The van der Waals surface area contributed by atoms with Crippen molar-refractivity contribution < 1.29 is 28.2 Å². The standard InChI is InChI=1S/C23H12BrNO6/c24-13-4-6-16-14(9-13)15(21-23(26)31-22(25-21)18-2-1-7-27-18)10-19(30-16)12-3-5-17-20(8-12)29-11-28-17/h1-10H,11H2. The van der Waals surface area contributed by atoms with Crippen LogP contribution in [0.4, 0.5) is 0 Å². The van der Waals surface area contributed by atoms with Crippen molar-refractivity contribution in [3.8, 4) is 17.2 Å². The van der Waals surface area contributed by atoms with Crippen LogP contribution in [0.25, 0.3) is 11.3 Å². The minimum Gasteiger partial charge on any atom is -0.459 e. The van der Waals surface area contributed by atoms with Gasteiger partial charge in [-0.05, 0) is 54.6 Å². The number of benzene rings is 2. The Balaban J connectivity index is 1.53. The van der Waals surface area contributed by atoms with Crippen LogP contribution in [-0.2, 0) is 9.53 Å². The molecule has 4 heterocycles. The summed E-state index contributed by atoms with van der Waals surface area (Å²) in [5.74, 6) is 2.39. The third kappa shape index (κ3) is 3.03. The summed E-state index contributed by atoms with van der Waals surface area (Å²) < 4.78 is 28.5. The highest BCUT2D eigenvalue weighted by Gasteiger charge is 2.32. The molecule has 8 heteroatoms. The molecule has 0 aliphatic carbocycles. The molecule has 3 aromatic rings. The lowest BCUT2D eigenvalue weighted by Crippen LogP contribution is -2.08. The van der Waals surface area contributed by atoms with Gasteiger partial charge in [-0.3, -0.25) is 0 Å². The molecule has 0 unspecified atom stereocenters. The van der Waals surface area contributed by atoms with Crippen molar-refractivity contribution in [2.75, 3.05) is 6.79 Å². The predicted molar refractivity (Wildman–Crippen MR) is 114 cm³/mol. The monoisotopic (exact) mass is 477 g/mol. The van der Waals surface area contributed by atoms with Gasteiger partial charge in [-0.2, -0.15) is 0 Å². The van der Waals surface area contributed by atoms with Gasteiger partial charge in [0.25, 0.3) is 5.90 Å². The Morgan fingerprint density at radius 3 is 2.68 bits per heavy atom. The molecule has 0 saturated carbocycles. The van der Waals surface area contributed by atoms with Crippen molar-refractivity contribution in [1.82, 2.24) is 0 Å². The molecule has 0 atom stereocenters. The Labute approximate surface area is 184 Å². The van der Waals surface area contributed by atoms with Crippen LogP contribution in [0.5, 0.6) is 17.2 Å². The van der Waals surface area contributed by atoms with Crippen LogP contribution in [0.15, 0.2) is 80.4 Å². The minimum absolute atomic E-state index is 0.124. The van der Waals surface area contributed by atoms with Crippen molar-refractivity contribution in [2.45, 2.75) is 0 Å². The van der Waals surface area contributed by atoms with Crippen molar-refractivity contribution in [3.05, 3.63) is 87.9 Å². The molecule has 0 fully saturated rings. The Hall–Kier alpha value is -3.78. The third-order valence-electron chi connectivity index (χ3n) is 4.97. The van der Waals surface area contributed by atoms with Gasteiger partial charge in [0.2, 0.25) is 6.79 Å². The van der Waals surface area contributed by atoms with Gasteiger partial charge in [-0.1, -0.05) is 15.9 Å². The number of hydrogen-bond acceptors (Lipinski definition) is 7. The van der Waals surface area contributed by atoms with Crippen LogP contribution >= 0.6 is 15.9 Å². The molecule has 6 rings (SSSR count). The maximum Gasteiger partial charge on any atom is 0.364 e. The Bertz CT molecular complexity index is 1340. The van der Waals surface area contributed by atoms with Crippen LogP contribution in [-0.4, -0.2) is 18.7 Å². The number of carbonyl (C=O) groups excluding carboxylic acids is 1. The number of esters is 1. The maximum atomic E-state index is 12.7. The fraction of sp³-hybridized carbons (Fsp3) is 0.0435. The molecule has 7 nitrogen and oxygen atoms in total. The molecule has 0 bridgehead atoms. The summed E-state index contributed by atoms with van der Waals surface area (Å²) >= 11 is 3.48. The molecule has 1 aromatic heterocycles. The van der Waals surface area contributed by atoms with E-state index in [1.54, 1.807) is 18.2 Å². The van der Waals surface area contributed by atoms with E-state index in [0.717, 1.165) is 15.6 Å². The molecule has 3 aliphatic heterocycles. The van der Waals surface area contributed by atoms with Gasteiger partial charge in [-0.15, -0.1) is 0 Å². The smallest absolute Gasteiger partial charge is 0.364 e. The van der Waals surface area contributed by atoms with E-state index in [-0.39, 0.29) is 18.4 Å². The van der Waals surface area contributed by atoms with Gasteiger partial charge in [0.05, 0.1) is 6.26 Å². The van der Waals surface area contributed by atoms with E-state index >= 15 is 0 Å². The lowest BCUT2D eigenvalue weighted by molar-refractivity contribution is -0.130. The number of hydrogen-bond donors (Lipinski definition) is 0. The zero-order valence-corrected chi connectivity index (χ0v) is 17.3. The second-order valence-corrected chi connectivity index (χ2v) is 7.78. The second-order valence-electron chi connectivity index (χ2n) is 6.87. The van der Waals surface area contributed by atoms with Crippen molar-refractivity contribution >= 4 is 39.1 Å². The normalized spacial score (nSPS) is 18.8. The first-order valence-electron chi connectivity index (χ1n) is 9.34. The number of rotatable bonds is 2. The van der Waals surface area contributed by atoms with Gasteiger partial charge >= 0.3 is 5.97 Å².